The van der Waals surface area contributed by atoms with Crippen molar-refractivity contribution in [2.45, 2.75) is 13.3 Å². The van der Waals surface area contributed by atoms with Crippen LogP contribution in [-0.2, 0) is 16.0 Å². The average molecular weight is 278 g/mol. The number of carboxylic acid groups (broad SMARTS) is 2. The molecule has 0 bridgehead atoms. The maximum atomic E-state index is 11.2. The number of hydrogen-bond donors (Lipinski definition) is 2. The molecule has 1 aromatic rings. The topological polar surface area (TPSA) is 101 Å². The van der Waals surface area contributed by atoms with Gasteiger partial charge in [0.25, 0.3) is 0 Å². The summed E-state index contributed by atoms with van der Waals surface area (Å²) in [5.74, 6) is -2.89. The van der Waals surface area contributed by atoms with Gasteiger partial charge in [-0.15, -0.1) is 0 Å². The molecule has 1 rings (SSSR count). The van der Waals surface area contributed by atoms with Gasteiger partial charge in [-0.05, 0) is 30.7 Å². The molecule has 0 saturated carbocycles. The molecule has 0 aliphatic heterocycles. The van der Waals surface area contributed by atoms with E-state index in [1.807, 2.05) is 0 Å². The fourth-order valence-electron chi connectivity index (χ4n) is 1.52. The average Bonchev–Trinajstić information content (AvgIpc) is 2.37. The zero-order chi connectivity index (χ0) is 15.3. The lowest BCUT2D eigenvalue weighted by Crippen LogP contribution is -2.11. The standard InChI is InChI=1S/C14H14O6/c1-8(2)14(19)20-6-5-9-7-10(12(15)16)3-4-11(9)13(17)18/h3-4,7H,1,5-6H2,2H3,(H,15,16)(H,17,18). The van der Waals surface area contributed by atoms with Crippen LogP contribution >= 0.6 is 0 Å². The quantitative estimate of drug-likeness (QED) is 0.607. The lowest BCUT2D eigenvalue weighted by Gasteiger charge is -2.08. The Hall–Kier alpha value is -2.63. The van der Waals surface area contributed by atoms with Gasteiger partial charge in [0.2, 0.25) is 0 Å². The molecule has 106 valence electrons. The van der Waals surface area contributed by atoms with Crippen molar-refractivity contribution in [2.75, 3.05) is 6.61 Å². The van der Waals surface area contributed by atoms with Crippen LogP contribution in [0.1, 0.15) is 33.2 Å². The van der Waals surface area contributed by atoms with E-state index in [0.717, 1.165) is 0 Å². The van der Waals surface area contributed by atoms with Gasteiger partial charge < -0.3 is 14.9 Å². The molecule has 0 unspecified atom stereocenters. The minimum absolute atomic E-state index is 0.0126. The van der Waals surface area contributed by atoms with Crippen LogP contribution in [0.25, 0.3) is 0 Å². The summed E-state index contributed by atoms with van der Waals surface area (Å²) in [5.41, 5.74) is 0.507. The molecule has 0 spiro atoms. The van der Waals surface area contributed by atoms with Crippen molar-refractivity contribution in [1.82, 2.24) is 0 Å². The fourth-order valence-corrected chi connectivity index (χ4v) is 1.52. The first-order chi connectivity index (χ1) is 9.32. The van der Waals surface area contributed by atoms with E-state index in [-0.39, 0.29) is 29.7 Å². The maximum absolute atomic E-state index is 11.2. The van der Waals surface area contributed by atoms with Gasteiger partial charge >= 0.3 is 17.9 Å². The van der Waals surface area contributed by atoms with Gasteiger partial charge in [-0.3, -0.25) is 0 Å². The number of esters is 1. The van der Waals surface area contributed by atoms with Gasteiger partial charge in [0.15, 0.2) is 0 Å². The number of rotatable bonds is 6. The second-order valence-electron chi connectivity index (χ2n) is 4.15. The number of carboxylic acids is 2. The normalized spacial score (nSPS) is 9.85. The molecule has 1 aromatic carbocycles. The molecule has 0 heterocycles. The molecule has 2 N–H and O–H groups in total. The summed E-state index contributed by atoms with van der Waals surface area (Å²) in [4.78, 5) is 33.1. The van der Waals surface area contributed by atoms with E-state index in [1.165, 1.54) is 25.1 Å². The molecule has 0 amide bonds. The molecule has 0 aliphatic carbocycles. The zero-order valence-electron chi connectivity index (χ0n) is 10.9. The van der Waals surface area contributed by atoms with Crippen LogP contribution in [-0.4, -0.2) is 34.7 Å². The highest BCUT2D eigenvalue weighted by molar-refractivity contribution is 5.93. The molecule has 0 aliphatic rings. The number of ether oxygens (including phenoxy) is 1. The second-order valence-corrected chi connectivity index (χ2v) is 4.15. The minimum atomic E-state index is -1.16. The first-order valence-corrected chi connectivity index (χ1v) is 5.75. The van der Waals surface area contributed by atoms with E-state index in [9.17, 15) is 14.4 Å². The molecule has 0 atom stereocenters. The molecule has 6 heteroatoms. The third kappa shape index (κ3) is 3.94. The van der Waals surface area contributed by atoms with Crippen molar-refractivity contribution in [3.05, 3.63) is 47.0 Å². The zero-order valence-corrected chi connectivity index (χ0v) is 10.9. The summed E-state index contributed by atoms with van der Waals surface area (Å²) in [6.45, 7) is 4.87. The van der Waals surface area contributed by atoms with Crippen molar-refractivity contribution in [3.63, 3.8) is 0 Å². The lowest BCUT2D eigenvalue weighted by atomic mass is 10.0. The molecule has 0 aromatic heterocycles. The van der Waals surface area contributed by atoms with Crippen LogP contribution in [0.15, 0.2) is 30.4 Å². The van der Waals surface area contributed by atoms with Crippen LogP contribution in [0.3, 0.4) is 0 Å². The third-order valence-electron chi connectivity index (χ3n) is 2.54. The van der Waals surface area contributed by atoms with Gasteiger partial charge in [0.1, 0.15) is 0 Å². The minimum Gasteiger partial charge on any atom is -0.478 e. The van der Waals surface area contributed by atoms with Crippen molar-refractivity contribution in [2.24, 2.45) is 0 Å². The summed E-state index contributed by atoms with van der Waals surface area (Å²) in [6.07, 6.45) is 0.113. The van der Waals surface area contributed by atoms with Crippen molar-refractivity contribution < 1.29 is 29.3 Å². The summed E-state index contributed by atoms with van der Waals surface area (Å²) < 4.78 is 4.86. The number of hydrogen-bond acceptors (Lipinski definition) is 4. The van der Waals surface area contributed by atoms with Crippen LogP contribution in [0, 0.1) is 0 Å². The first-order valence-electron chi connectivity index (χ1n) is 5.75. The Kier molecular flexibility index (Phi) is 5.02. The fraction of sp³-hybridized carbons (Fsp3) is 0.214. The van der Waals surface area contributed by atoms with Crippen molar-refractivity contribution in [3.8, 4) is 0 Å². The van der Waals surface area contributed by atoms with E-state index < -0.39 is 17.9 Å². The molecular formula is C14H14O6. The van der Waals surface area contributed by atoms with E-state index in [0.29, 0.717) is 5.56 Å². The highest BCUT2D eigenvalue weighted by Crippen LogP contribution is 2.14. The van der Waals surface area contributed by atoms with Crippen LogP contribution < -0.4 is 0 Å². The van der Waals surface area contributed by atoms with Gasteiger partial charge in [0, 0.05) is 12.0 Å². The van der Waals surface area contributed by atoms with Crippen LogP contribution in [0.5, 0.6) is 0 Å². The highest BCUT2D eigenvalue weighted by atomic mass is 16.5. The summed E-state index contributed by atoms with van der Waals surface area (Å²) in [7, 11) is 0. The molecule has 0 saturated heterocycles. The van der Waals surface area contributed by atoms with E-state index in [4.69, 9.17) is 14.9 Å². The summed E-state index contributed by atoms with van der Waals surface area (Å²) in [5, 5.41) is 17.9. The van der Waals surface area contributed by atoms with Gasteiger partial charge in [0.05, 0.1) is 17.7 Å². The smallest absolute Gasteiger partial charge is 0.335 e. The van der Waals surface area contributed by atoms with Crippen molar-refractivity contribution >= 4 is 17.9 Å². The van der Waals surface area contributed by atoms with Gasteiger partial charge in [-0.25, -0.2) is 14.4 Å². The largest absolute Gasteiger partial charge is 0.478 e. The second kappa shape index (κ2) is 6.51. The van der Waals surface area contributed by atoms with Crippen molar-refractivity contribution in [1.29, 1.82) is 0 Å². The molecule has 6 nitrogen and oxygen atoms in total. The molecule has 0 radical (unpaired) electrons. The Morgan fingerprint density at radius 3 is 2.35 bits per heavy atom. The molecule has 0 fully saturated rings. The van der Waals surface area contributed by atoms with Crippen LogP contribution in [0.4, 0.5) is 0 Å². The van der Waals surface area contributed by atoms with E-state index >= 15 is 0 Å². The number of aromatic carboxylic acids is 2. The van der Waals surface area contributed by atoms with Gasteiger partial charge in [-0.1, -0.05) is 6.58 Å². The molecular weight excluding hydrogens is 264 g/mol. The van der Waals surface area contributed by atoms with E-state index in [1.54, 1.807) is 0 Å². The van der Waals surface area contributed by atoms with E-state index in [2.05, 4.69) is 6.58 Å². The maximum Gasteiger partial charge on any atom is 0.335 e. The Bertz CT molecular complexity index is 573. The number of carbonyl (C=O) groups is 3. The predicted octanol–water partition coefficient (Wildman–Crippen LogP) is 1.74. The Morgan fingerprint density at radius 1 is 1.20 bits per heavy atom. The first kappa shape index (κ1) is 15.4. The van der Waals surface area contributed by atoms with Crippen LogP contribution in [0.2, 0.25) is 0 Å². The highest BCUT2D eigenvalue weighted by Gasteiger charge is 2.14. The Morgan fingerprint density at radius 2 is 1.85 bits per heavy atom. The predicted molar refractivity (Wildman–Crippen MR) is 69.8 cm³/mol. The molecule has 20 heavy (non-hydrogen) atoms. The monoisotopic (exact) mass is 278 g/mol. The summed E-state index contributed by atoms with van der Waals surface area (Å²) in [6, 6.07) is 3.71. The number of benzene rings is 1. The SMILES string of the molecule is C=C(C)C(=O)OCCc1cc(C(=O)O)ccc1C(=O)O. The third-order valence-corrected chi connectivity index (χ3v) is 2.54. The Labute approximate surface area is 115 Å². The number of carbonyl (C=O) groups excluding carboxylic acids is 1. The summed E-state index contributed by atoms with van der Waals surface area (Å²) >= 11 is 0. The van der Waals surface area contributed by atoms with Gasteiger partial charge in [-0.2, -0.15) is 0 Å². The lowest BCUT2D eigenvalue weighted by molar-refractivity contribution is -0.138. The Balaban J connectivity index is 2.88.